The van der Waals surface area contributed by atoms with Crippen molar-refractivity contribution in [2.24, 2.45) is 13.0 Å². The zero-order valence-corrected chi connectivity index (χ0v) is 16.2. The molecule has 0 aliphatic carbocycles. The maximum Gasteiger partial charge on any atom is 0.332 e. The Bertz CT molecular complexity index is 1130. The van der Waals surface area contributed by atoms with Gasteiger partial charge in [0, 0.05) is 19.8 Å². The number of carbonyl (C=O) groups excluding carboxylic acids is 1. The molecule has 0 spiro atoms. The lowest BCUT2D eigenvalue weighted by molar-refractivity contribution is 0.102. The minimum absolute atomic E-state index is 0.00662. The van der Waals surface area contributed by atoms with Gasteiger partial charge in [0.1, 0.15) is 11.4 Å². The lowest BCUT2D eigenvalue weighted by atomic mass is 10.2. The number of carbonyl (C=O) groups is 1. The third-order valence-corrected chi connectivity index (χ3v) is 5.11. The summed E-state index contributed by atoms with van der Waals surface area (Å²) >= 11 is 1.22. The molecule has 0 aromatic carbocycles. The van der Waals surface area contributed by atoms with Crippen LogP contribution in [0, 0.1) is 5.92 Å². The van der Waals surface area contributed by atoms with E-state index in [1.54, 1.807) is 6.20 Å². The molecule has 0 saturated heterocycles. The van der Waals surface area contributed by atoms with Crippen molar-refractivity contribution < 1.29 is 4.79 Å². The zero-order valence-electron chi connectivity index (χ0n) is 15.4. The lowest BCUT2D eigenvalue weighted by Gasteiger charge is -2.16. The number of Topliss-reactive ketones (excluding diaryl/α,β-unsaturated/α-hetero) is 1. The van der Waals surface area contributed by atoms with Gasteiger partial charge in [-0.3, -0.25) is 23.1 Å². The molecule has 3 heterocycles. The van der Waals surface area contributed by atoms with Crippen LogP contribution in [-0.4, -0.2) is 30.1 Å². The summed E-state index contributed by atoms with van der Waals surface area (Å²) in [6.45, 7) is 4.19. The molecular weight excluding hydrogens is 366 g/mol. The van der Waals surface area contributed by atoms with E-state index in [-0.39, 0.29) is 23.1 Å². The summed E-state index contributed by atoms with van der Waals surface area (Å²) in [5.41, 5.74) is 5.62. The average molecular weight is 387 g/mol. The van der Waals surface area contributed by atoms with Gasteiger partial charge >= 0.3 is 5.69 Å². The highest BCUT2D eigenvalue weighted by Gasteiger charge is 2.22. The molecule has 0 bridgehead atoms. The Hall–Kier alpha value is -2.81. The van der Waals surface area contributed by atoms with Crippen molar-refractivity contribution in [3.05, 3.63) is 57.0 Å². The van der Waals surface area contributed by atoms with Crippen LogP contribution in [0.25, 0.3) is 5.52 Å². The Morgan fingerprint density at radius 2 is 2.04 bits per heavy atom. The Morgan fingerprint density at radius 3 is 2.74 bits per heavy atom. The number of fused-ring (bicyclic) bond motifs is 1. The van der Waals surface area contributed by atoms with E-state index in [0.29, 0.717) is 11.7 Å². The van der Waals surface area contributed by atoms with Crippen LogP contribution in [0.5, 0.6) is 0 Å². The third-order valence-electron chi connectivity index (χ3n) is 4.15. The van der Waals surface area contributed by atoms with Crippen molar-refractivity contribution in [2.75, 3.05) is 11.5 Å². The summed E-state index contributed by atoms with van der Waals surface area (Å²) in [5, 5.41) is 0.643. The SMILES string of the molecule is CC(C)Cn1c(N)c(C(=O)CSc2ncc3ccccn23)c(=O)n(C)c1=O. The summed E-state index contributed by atoms with van der Waals surface area (Å²) < 4.78 is 4.08. The molecule has 0 aliphatic heterocycles. The number of anilines is 1. The first-order valence-electron chi connectivity index (χ1n) is 8.48. The first kappa shape index (κ1) is 19.0. The van der Waals surface area contributed by atoms with E-state index in [0.717, 1.165) is 10.1 Å². The molecule has 0 unspecified atom stereocenters. The fourth-order valence-electron chi connectivity index (χ4n) is 2.82. The largest absolute Gasteiger partial charge is 0.384 e. The second-order valence-corrected chi connectivity index (χ2v) is 7.60. The van der Waals surface area contributed by atoms with Crippen molar-refractivity contribution in [2.45, 2.75) is 25.5 Å². The first-order valence-corrected chi connectivity index (χ1v) is 9.47. The van der Waals surface area contributed by atoms with Crippen LogP contribution in [-0.2, 0) is 13.6 Å². The maximum atomic E-state index is 12.8. The van der Waals surface area contributed by atoms with Crippen molar-refractivity contribution >= 4 is 28.9 Å². The highest BCUT2D eigenvalue weighted by molar-refractivity contribution is 7.99. The molecule has 2 N–H and O–H groups in total. The molecule has 9 heteroatoms. The van der Waals surface area contributed by atoms with Crippen LogP contribution in [0.4, 0.5) is 5.82 Å². The number of pyridine rings is 1. The third kappa shape index (κ3) is 3.55. The number of thioether (sulfide) groups is 1. The summed E-state index contributed by atoms with van der Waals surface area (Å²) in [4.78, 5) is 41.9. The number of imidazole rings is 1. The fraction of sp³-hybridized carbons (Fsp3) is 0.333. The second-order valence-electron chi connectivity index (χ2n) is 6.66. The number of aromatic nitrogens is 4. The van der Waals surface area contributed by atoms with E-state index < -0.39 is 17.0 Å². The number of nitrogen functional groups attached to an aromatic ring is 1. The van der Waals surface area contributed by atoms with Crippen LogP contribution < -0.4 is 17.0 Å². The van der Waals surface area contributed by atoms with E-state index in [1.807, 2.05) is 42.6 Å². The van der Waals surface area contributed by atoms with E-state index in [2.05, 4.69) is 4.98 Å². The molecule has 3 aromatic heterocycles. The number of nitrogens with zero attached hydrogens (tertiary/aromatic N) is 4. The molecule has 0 aliphatic rings. The van der Waals surface area contributed by atoms with Gasteiger partial charge < -0.3 is 5.73 Å². The average Bonchev–Trinajstić information content (AvgIpc) is 3.05. The zero-order chi connectivity index (χ0) is 19.7. The summed E-state index contributed by atoms with van der Waals surface area (Å²) in [7, 11) is 1.35. The number of rotatable bonds is 6. The molecular formula is C18H21N5O3S. The van der Waals surface area contributed by atoms with Gasteiger partial charge in [-0.05, 0) is 18.1 Å². The van der Waals surface area contributed by atoms with Gasteiger partial charge in [-0.15, -0.1) is 0 Å². The molecule has 3 rings (SSSR count). The minimum atomic E-state index is -0.670. The second kappa shape index (κ2) is 7.43. The fourth-order valence-corrected chi connectivity index (χ4v) is 3.65. The molecule has 0 atom stereocenters. The monoisotopic (exact) mass is 387 g/mol. The topological polar surface area (TPSA) is 104 Å². The van der Waals surface area contributed by atoms with Crippen molar-refractivity contribution in [1.82, 2.24) is 18.5 Å². The van der Waals surface area contributed by atoms with E-state index in [9.17, 15) is 14.4 Å². The molecule has 0 fully saturated rings. The van der Waals surface area contributed by atoms with E-state index in [4.69, 9.17) is 5.73 Å². The van der Waals surface area contributed by atoms with Crippen LogP contribution in [0.3, 0.4) is 0 Å². The predicted molar refractivity (Wildman–Crippen MR) is 105 cm³/mol. The van der Waals surface area contributed by atoms with E-state index >= 15 is 0 Å². The highest BCUT2D eigenvalue weighted by atomic mass is 32.2. The summed E-state index contributed by atoms with van der Waals surface area (Å²) in [6.07, 6.45) is 3.56. The lowest BCUT2D eigenvalue weighted by Crippen LogP contribution is -2.43. The normalized spacial score (nSPS) is 11.4. The van der Waals surface area contributed by atoms with Gasteiger partial charge in [0.05, 0.1) is 17.5 Å². The van der Waals surface area contributed by atoms with Crippen molar-refractivity contribution in [1.29, 1.82) is 0 Å². The molecule has 8 nitrogen and oxygen atoms in total. The van der Waals surface area contributed by atoms with Gasteiger partial charge in [-0.25, -0.2) is 9.78 Å². The number of ketones is 1. The van der Waals surface area contributed by atoms with E-state index in [1.165, 1.54) is 23.4 Å². The van der Waals surface area contributed by atoms with Gasteiger partial charge in [0.15, 0.2) is 10.9 Å². The Balaban J connectivity index is 1.93. The molecule has 0 amide bonds. The van der Waals surface area contributed by atoms with Crippen LogP contribution in [0.15, 0.2) is 45.3 Å². The minimum Gasteiger partial charge on any atom is -0.384 e. The first-order chi connectivity index (χ1) is 12.8. The van der Waals surface area contributed by atoms with Crippen LogP contribution in [0.1, 0.15) is 24.2 Å². The van der Waals surface area contributed by atoms with Gasteiger partial charge in [-0.1, -0.05) is 31.7 Å². The number of hydrogen-bond acceptors (Lipinski definition) is 6. The molecule has 0 saturated carbocycles. The Kier molecular flexibility index (Phi) is 5.22. The Morgan fingerprint density at radius 1 is 1.30 bits per heavy atom. The Labute approximate surface area is 159 Å². The number of hydrogen-bond donors (Lipinski definition) is 1. The van der Waals surface area contributed by atoms with Crippen LogP contribution in [0.2, 0.25) is 0 Å². The predicted octanol–water partition coefficient (Wildman–Crippen LogP) is 1.41. The summed E-state index contributed by atoms with van der Waals surface area (Å²) in [6, 6.07) is 5.68. The molecule has 3 aromatic rings. The van der Waals surface area contributed by atoms with Crippen molar-refractivity contribution in [3.63, 3.8) is 0 Å². The van der Waals surface area contributed by atoms with Gasteiger partial charge in [0.2, 0.25) is 0 Å². The number of nitrogens with two attached hydrogens (primary N) is 1. The maximum absolute atomic E-state index is 12.8. The molecule has 27 heavy (non-hydrogen) atoms. The quantitative estimate of drug-likeness (QED) is 0.506. The summed E-state index contributed by atoms with van der Waals surface area (Å²) in [5.74, 6) is -0.373. The standard InChI is InChI=1S/C18H21N5O3S/c1-11(2)9-23-15(19)14(16(25)21(3)18(23)26)13(24)10-27-17-20-8-12-6-4-5-7-22(12)17/h4-8,11H,9-10,19H2,1-3H3. The molecule has 142 valence electrons. The van der Waals surface area contributed by atoms with Crippen molar-refractivity contribution in [3.8, 4) is 0 Å². The smallest absolute Gasteiger partial charge is 0.332 e. The van der Waals surface area contributed by atoms with Gasteiger partial charge in [0.25, 0.3) is 5.56 Å². The van der Waals surface area contributed by atoms with Gasteiger partial charge in [-0.2, -0.15) is 0 Å². The van der Waals surface area contributed by atoms with Crippen LogP contribution >= 0.6 is 11.8 Å². The molecule has 0 radical (unpaired) electrons. The highest BCUT2D eigenvalue weighted by Crippen LogP contribution is 2.20.